The number of hydrogen-bond donors (Lipinski definition) is 2. The Kier molecular flexibility index (Phi) is 3.77. The molecule has 0 aliphatic heterocycles. The maximum absolute atomic E-state index is 12.4. The predicted molar refractivity (Wildman–Crippen MR) is 54.9 cm³/mol. The Morgan fingerprint density at radius 3 is 2.67 bits per heavy atom. The summed E-state index contributed by atoms with van der Waals surface area (Å²) in [6, 6.07) is 1.26. The number of hydrogen-bond acceptors (Lipinski definition) is 3. The van der Waals surface area contributed by atoms with Crippen LogP contribution in [0.2, 0.25) is 0 Å². The van der Waals surface area contributed by atoms with Crippen molar-refractivity contribution >= 4 is 28.6 Å². The van der Waals surface area contributed by atoms with E-state index in [0.717, 1.165) is 0 Å². The molecule has 1 heterocycles. The second-order valence-electron chi connectivity index (χ2n) is 2.71. The third kappa shape index (κ3) is 2.98. The molecule has 82 valence electrons. The molecule has 1 aromatic rings. The zero-order valence-corrected chi connectivity index (χ0v) is 9.40. The number of carboxylic acids is 1. The molecule has 0 saturated carbocycles. The summed E-state index contributed by atoms with van der Waals surface area (Å²) in [5, 5.41) is 17.8. The fraction of sp³-hybridized carbons (Fsp3) is 0.250. The van der Waals surface area contributed by atoms with Crippen molar-refractivity contribution in [3.63, 3.8) is 0 Å². The van der Waals surface area contributed by atoms with Gasteiger partial charge in [0.15, 0.2) is 0 Å². The van der Waals surface area contributed by atoms with E-state index in [2.05, 4.69) is 4.98 Å². The van der Waals surface area contributed by atoms with Gasteiger partial charge in [0.05, 0.1) is 6.42 Å². The van der Waals surface area contributed by atoms with E-state index in [-0.39, 0.29) is 9.26 Å². The van der Waals surface area contributed by atoms with Crippen LogP contribution < -0.4 is 0 Å². The van der Waals surface area contributed by atoms with Gasteiger partial charge in [-0.2, -0.15) is 0 Å². The molecule has 0 aromatic carbocycles. The quantitative estimate of drug-likeness (QED) is 0.657. The highest BCUT2D eigenvalue weighted by Crippen LogP contribution is 2.30. The van der Waals surface area contributed by atoms with Crippen molar-refractivity contribution in [2.75, 3.05) is 0 Å². The van der Waals surface area contributed by atoms with Gasteiger partial charge < -0.3 is 10.2 Å². The first-order chi connectivity index (χ1) is 6.91. The Bertz CT molecular complexity index is 398. The number of nitrogens with zero attached hydrogens (tertiary/aromatic N) is 1. The van der Waals surface area contributed by atoms with Crippen LogP contribution in [0.5, 0.6) is 5.75 Å². The average molecular weight is 329 g/mol. The highest BCUT2D eigenvalue weighted by molar-refractivity contribution is 14.1. The highest BCUT2D eigenvalue weighted by Gasteiger charge is 2.20. The Labute approximate surface area is 97.1 Å². The molecule has 0 amide bonds. The number of halogens is 3. The molecule has 1 rings (SSSR count). The number of carbonyl (C=O) groups is 1. The lowest BCUT2D eigenvalue weighted by Gasteiger charge is -2.07. The summed E-state index contributed by atoms with van der Waals surface area (Å²) in [7, 11) is 0. The van der Waals surface area contributed by atoms with Gasteiger partial charge in [-0.15, -0.1) is 0 Å². The monoisotopic (exact) mass is 329 g/mol. The van der Waals surface area contributed by atoms with E-state index in [9.17, 15) is 18.7 Å². The molecule has 1 aromatic heterocycles. The molecule has 0 aliphatic rings. The number of rotatable bonds is 3. The number of aliphatic carboxylic acids is 1. The highest BCUT2D eigenvalue weighted by atomic mass is 127. The van der Waals surface area contributed by atoms with E-state index < -0.39 is 30.3 Å². The minimum atomic E-state index is -2.92. The number of aromatic nitrogens is 1. The van der Waals surface area contributed by atoms with E-state index in [1.807, 2.05) is 0 Å². The van der Waals surface area contributed by atoms with Crippen molar-refractivity contribution in [2.24, 2.45) is 0 Å². The third-order valence-corrected chi connectivity index (χ3v) is 2.17. The van der Waals surface area contributed by atoms with E-state index >= 15 is 0 Å². The number of carboxylic acid groups (broad SMARTS) is 1. The molecular formula is C8H6F2INO3. The van der Waals surface area contributed by atoms with Crippen LogP contribution in [0.4, 0.5) is 8.78 Å². The van der Waals surface area contributed by atoms with Crippen LogP contribution in [0.3, 0.4) is 0 Å². The van der Waals surface area contributed by atoms with E-state index in [1.54, 1.807) is 22.6 Å². The Morgan fingerprint density at radius 2 is 2.20 bits per heavy atom. The van der Waals surface area contributed by atoms with Gasteiger partial charge in [0.2, 0.25) is 0 Å². The van der Waals surface area contributed by atoms with Crippen molar-refractivity contribution in [1.29, 1.82) is 0 Å². The van der Waals surface area contributed by atoms with Gasteiger partial charge in [0, 0.05) is 5.56 Å². The van der Waals surface area contributed by atoms with Crippen molar-refractivity contribution in [3.8, 4) is 5.75 Å². The average Bonchev–Trinajstić information content (AvgIpc) is 2.09. The van der Waals surface area contributed by atoms with Gasteiger partial charge in [-0.25, -0.2) is 13.8 Å². The second kappa shape index (κ2) is 4.69. The van der Waals surface area contributed by atoms with Crippen molar-refractivity contribution in [3.05, 3.63) is 21.0 Å². The lowest BCUT2D eigenvalue weighted by Crippen LogP contribution is -2.04. The van der Waals surface area contributed by atoms with E-state index in [1.165, 1.54) is 6.07 Å². The summed E-state index contributed by atoms with van der Waals surface area (Å²) in [6.07, 6.45) is -3.43. The zero-order chi connectivity index (χ0) is 11.6. The van der Waals surface area contributed by atoms with Crippen LogP contribution in [0, 0.1) is 3.70 Å². The molecule has 0 unspecified atom stereocenters. The molecule has 7 heteroatoms. The lowest BCUT2D eigenvalue weighted by molar-refractivity contribution is -0.136. The van der Waals surface area contributed by atoms with Crippen LogP contribution in [-0.2, 0) is 11.2 Å². The van der Waals surface area contributed by atoms with Crippen molar-refractivity contribution < 1.29 is 23.8 Å². The number of alkyl halides is 2. The summed E-state index contributed by atoms with van der Waals surface area (Å²) >= 11 is 1.68. The minimum absolute atomic E-state index is 0.0581. The van der Waals surface area contributed by atoms with Crippen LogP contribution in [-0.4, -0.2) is 21.2 Å². The zero-order valence-electron chi connectivity index (χ0n) is 7.25. The normalized spacial score (nSPS) is 10.7. The van der Waals surface area contributed by atoms with E-state index in [0.29, 0.717) is 0 Å². The fourth-order valence-electron chi connectivity index (χ4n) is 1.03. The molecule has 0 spiro atoms. The molecule has 4 nitrogen and oxygen atoms in total. The molecular weight excluding hydrogens is 323 g/mol. The Hall–Kier alpha value is -0.990. The maximum Gasteiger partial charge on any atom is 0.307 e. The molecule has 2 N–H and O–H groups in total. The SMILES string of the molecule is O=C(O)Cc1cc(I)nc(C(F)F)c1O. The summed E-state index contributed by atoms with van der Waals surface area (Å²) in [5.74, 6) is -1.94. The molecule has 0 fully saturated rings. The summed E-state index contributed by atoms with van der Waals surface area (Å²) in [6.45, 7) is 0. The number of aromatic hydroxyl groups is 1. The standard InChI is InChI=1S/C8H6F2INO3/c9-8(10)6-7(15)3(2-5(13)14)1-4(11)12-6/h1,8,15H,2H2,(H,13,14). The molecule has 0 saturated heterocycles. The Balaban J connectivity index is 3.21. The summed E-state index contributed by atoms with van der Waals surface area (Å²) < 4.78 is 24.9. The minimum Gasteiger partial charge on any atom is -0.506 e. The van der Waals surface area contributed by atoms with Gasteiger partial charge in [-0.3, -0.25) is 4.79 Å². The smallest absolute Gasteiger partial charge is 0.307 e. The van der Waals surface area contributed by atoms with Gasteiger partial charge in [0.25, 0.3) is 6.43 Å². The first-order valence-electron chi connectivity index (χ1n) is 3.80. The summed E-state index contributed by atoms with van der Waals surface area (Å²) in [4.78, 5) is 13.8. The van der Waals surface area contributed by atoms with Gasteiger partial charge in [0.1, 0.15) is 15.1 Å². The van der Waals surface area contributed by atoms with Crippen LogP contribution in [0.15, 0.2) is 6.07 Å². The van der Waals surface area contributed by atoms with Crippen molar-refractivity contribution in [2.45, 2.75) is 12.8 Å². The van der Waals surface area contributed by atoms with Crippen LogP contribution in [0.1, 0.15) is 17.7 Å². The first-order valence-corrected chi connectivity index (χ1v) is 4.88. The topological polar surface area (TPSA) is 70.4 Å². The Morgan fingerprint density at radius 1 is 1.60 bits per heavy atom. The molecule has 0 atom stereocenters. The van der Waals surface area contributed by atoms with Crippen molar-refractivity contribution in [1.82, 2.24) is 4.98 Å². The lowest BCUT2D eigenvalue weighted by atomic mass is 10.1. The molecule has 0 aliphatic carbocycles. The molecule has 0 bridgehead atoms. The van der Waals surface area contributed by atoms with E-state index in [4.69, 9.17) is 5.11 Å². The summed E-state index contributed by atoms with van der Waals surface area (Å²) in [5.41, 5.74) is -0.838. The van der Waals surface area contributed by atoms with Gasteiger partial charge >= 0.3 is 5.97 Å². The van der Waals surface area contributed by atoms with Gasteiger partial charge in [-0.1, -0.05) is 0 Å². The third-order valence-electron chi connectivity index (χ3n) is 1.62. The predicted octanol–water partition coefficient (Wildman–Crippen LogP) is 1.96. The first kappa shape index (κ1) is 12.1. The van der Waals surface area contributed by atoms with Crippen LogP contribution in [0.25, 0.3) is 0 Å². The maximum atomic E-state index is 12.4. The molecule has 0 radical (unpaired) electrons. The fourth-order valence-corrected chi connectivity index (χ4v) is 1.66. The van der Waals surface area contributed by atoms with Gasteiger partial charge in [-0.05, 0) is 28.7 Å². The van der Waals surface area contributed by atoms with Crippen LogP contribution >= 0.6 is 22.6 Å². The number of pyridine rings is 1. The second-order valence-corrected chi connectivity index (χ2v) is 3.81. The molecule has 15 heavy (non-hydrogen) atoms. The largest absolute Gasteiger partial charge is 0.506 e.